The summed E-state index contributed by atoms with van der Waals surface area (Å²) in [5, 5.41) is 0. The molecular formula is C20H21FN2O2. The predicted molar refractivity (Wildman–Crippen MR) is 93.4 cm³/mol. The Bertz CT molecular complexity index is 844. The predicted octanol–water partition coefficient (Wildman–Crippen LogP) is 3.38. The molecule has 5 heteroatoms. The first-order valence-electron chi connectivity index (χ1n) is 8.93. The van der Waals surface area contributed by atoms with Crippen molar-refractivity contribution < 1.29 is 9.18 Å². The van der Waals surface area contributed by atoms with E-state index >= 15 is 0 Å². The normalized spacial score (nSPS) is 22.7. The van der Waals surface area contributed by atoms with Gasteiger partial charge in [0, 0.05) is 30.5 Å². The zero-order valence-electron chi connectivity index (χ0n) is 14.0. The lowest BCUT2D eigenvalue weighted by Gasteiger charge is -2.31. The van der Waals surface area contributed by atoms with Crippen LogP contribution >= 0.6 is 0 Å². The van der Waals surface area contributed by atoms with Gasteiger partial charge in [-0.3, -0.25) is 14.2 Å². The van der Waals surface area contributed by atoms with Crippen molar-refractivity contribution in [2.75, 3.05) is 6.54 Å². The summed E-state index contributed by atoms with van der Waals surface area (Å²) in [6.45, 7) is 0.795. The average Bonchev–Trinajstić information content (AvgIpc) is 3.06. The summed E-state index contributed by atoms with van der Waals surface area (Å²) in [5.74, 6) is 0.260. The van der Waals surface area contributed by atoms with Crippen molar-refractivity contribution in [2.24, 2.45) is 5.92 Å². The molecule has 4 nitrogen and oxygen atoms in total. The van der Waals surface area contributed by atoms with E-state index in [-0.39, 0.29) is 17.3 Å². The topological polar surface area (TPSA) is 42.3 Å². The van der Waals surface area contributed by atoms with E-state index in [2.05, 4.69) is 0 Å². The van der Waals surface area contributed by atoms with Crippen LogP contribution in [0.25, 0.3) is 5.69 Å². The maximum absolute atomic E-state index is 13.1. The summed E-state index contributed by atoms with van der Waals surface area (Å²) >= 11 is 0. The van der Waals surface area contributed by atoms with Crippen LogP contribution in [-0.2, 0) is 0 Å². The number of hydrogen-bond donors (Lipinski definition) is 0. The van der Waals surface area contributed by atoms with Crippen LogP contribution in [0.1, 0.15) is 42.5 Å². The van der Waals surface area contributed by atoms with Gasteiger partial charge in [-0.15, -0.1) is 0 Å². The molecule has 4 rings (SSSR count). The molecule has 2 aromatic rings. The van der Waals surface area contributed by atoms with Gasteiger partial charge in [-0.05, 0) is 55.5 Å². The van der Waals surface area contributed by atoms with Gasteiger partial charge in [-0.25, -0.2) is 4.39 Å². The van der Waals surface area contributed by atoms with E-state index in [0.717, 1.165) is 19.4 Å². The Morgan fingerprint density at radius 3 is 2.56 bits per heavy atom. The third-order valence-corrected chi connectivity index (χ3v) is 5.53. The van der Waals surface area contributed by atoms with Gasteiger partial charge in [0.1, 0.15) is 5.82 Å². The molecule has 2 fully saturated rings. The molecule has 1 aliphatic heterocycles. The Hall–Kier alpha value is -2.43. The fraction of sp³-hybridized carbons (Fsp3) is 0.400. The van der Waals surface area contributed by atoms with Gasteiger partial charge in [0.2, 0.25) is 0 Å². The quantitative estimate of drug-likeness (QED) is 0.841. The number of nitrogens with zero attached hydrogens (tertiary/aromatic N) is 2. The SMILES string of the molecule is O=C(c1ccc(=O)n(-c2ccc(F)cc2)c1)N1CC[C@H]2CCCC[C@H]21. The van der Waals surface area contributed by atoms with Crippen LogP contribution in [0.5, 0.6) is 0 Å². The molecule has 1 saturated heterocycles. The molecule has 0 radical (unpaired) electrons. The van der Waals surface area contributed by atoms with Crippen molar-refractivity contribution in [2.45, 2.75) is 38.1 Å². The van der Waals surface area contributed by atoms with Crippen LogP contribution < -0.4 is 5.56 Å². The molecule has 2 atom stereocenters. The number of likely N-dealkylation sites (tertiary alicyclic amines) is 1. The number of fused-ring (bicyclic) bond motifs is 1. The lowest BCUT2D eigenvalue weighted by Crippen LogP contribution is -2.39. The van der Waals surface area contributed by atoms with Crippen molar-refractivity contribution in [1.29, 1.82) is 0 Å². The monoisotopic (exact) mass is 340 g/mol. The van der Waals surface area contributed by atoms with Crippen molar-refractivity contribution >= 4 is 5.91 Å². The lowest BCUT2D eigenvalue weighted by molar-refractivity contribution is 0.0689. The molecule has 1 aromatic carbocycles. The van der Waals surface area contributed by atoms with E-state index in [1.54, 1.807) is 12.3 Å². The smallest absolute Gasteiger partial charge is 0.255 e. The van der Waals surface area contributed by atoms with Gasteiger partial charge < -0.3 is 4.90 Å². The molecule has 25 heavy (non-hydrogen) atoms. The van der Waals surface area contributed by atoms with E-state index in [1.165, 1.54) is 54.2 Å². The van der Waals surface area contributed by atoms with Gasteiger partial charge in [0.25, 0.3) is 11.5 Å². The number of aromatic nitrogens is 1. The lowest BCUT2D eigenvalue weighted by atomic mass is 9.85. The number of amides is 1. The molecule has 1 aliphatic carbocycles. The van der Waals surface area contributed by atoms with Crippen molar-refractivity contribution in [3.8, 4) is 5.69 Å². The Balaban J connectivity index is 1.64. The standard InChI is InChI=1S/C20H21FN2O2/c21-16-6-8-17(9-7-16)23-13-15(5-10-19(23)24)20(25)22-12-11-14-3-1-2-4-18(14)22/h5-10,13-14,18H,1-4,11-12H2/t14-,18-/m1/s1. The number of hydrogen-bond acceptors (Lipinski definition) is 2. The molecule has 2 heterocycles. The molecule has 1 aromatic heterocycles. The summed E-state index contributed by atoms with van der Waals surface area (Å²) in [6.07, 6.45) is 7.39. The Morgan fingerprint density at radius 1 is 1.00 bits per heavy atom. The van der Waals surface area contributed by atoms with Crippen molar-refractivity contribution in [3.63, 3.8) is 0 Å². The minimum Gasteiger partial charge on any atom is -0.335 e. The first kappa shape index (κ1) is 16.1. The Morgan fingerprint density at radius 2 is 1.76 bits per heavy atom. The second-order valence-corrected chi connectivity index (χ2v) is 7.00. The van der Waals surface area contributed by atoms with Gasteiger partial charge in [-0.1, -0.05) is 12.8 Å². The number of carbonyl (C=O) groups excluding carboxylic acids is 1. The van der Waals surface area contributed by atoms with Crippen molar-refractivity contribution in [1.82, 2.24) is 9.47 Å². The molecule has 2 aliphatic rings. The second-order valence-electron chi connectivity index (χ2n) is 7.00. The number of carbonyl (C=O) groups is 1. The third-order valence-electron chi connectivity index (χ3n) is 5.53. The van der Waals surface area contributed by atoms with E-state index in [1.807, 2.05) is 4.90 Å². The highest BCUT2D eigenvalue weighted by Crippen LogP contribution is 2.36. The summed E-state index contributed by atoms with van der Waals surface area (Å²) < 4.78 is 14.5. The van der Waals surface area contributed by atoms with E-state index in [4.69, 9.17) is 0 Å². The minimum absolute atomic E-state index is 0.00902. The van der Waals surface area contributed by atoms with Crippen LogP contribution in [0.15, 0.2) is 47.4 Å². The van der Waals surface area contributed by atoms with E-state index in [0.29, 0.717) is 23.2 Å². The summed E-state index contributed by atoms with van der Waals surface area (Å²) in [4.78, 5) is 27.2. The average molecular weight is 340 g/mol. The van der Waals surface area contributed by atoms with Crippen LogP contribution in [0.2, 0.25) is 0 Å². The molecule has 0 N–H and O–H groups in total. The zero-order valence-corrected chi connectivity index (χ0v) is 14.0. The largest absolute Gasteiger partial charge is 0.335 e. The highest BCUT2D eigenvalue weighted by atomic mass is 19.1. The van der Waals surface area contributed by atoms with Gasteiger partial charge >= 0.3 is 0 Å². The van der Waals surface area contributed by atoms with Gasteiger partial charge in [0.05, 0.1) is 5.56 Å². The molecule has 1 amide bonds. The summed E-state index contributed by atoms with van der Waals surface area (Å²) in [5.41, 5.74) is 0.827. The molecule has 1 saturated carbocycles. The number of rotatable bonds is 2. The zero-order chi connectivity index (χ0) is 17.4. The Kier molecular flexibility index (Phi) is 4.15. The molecule has 130 valence electrons. The van der Waals surface area contributed by atoms with E-state index < -0.39 is 0 Å². The van der Waals surface area contributed by atoms with E-state index in [9.17, 15) is 14.0 Å². The second kappa shape index (κ2) is 6.47. The number of halogens is 1. The first-order chi connectivity index (χ1) is 12.1. The third kappa shape index (κ3) is 2.99. The number of benzene rings is 1. The summed E-state index contributed by atoms with van der Waals surface area (Å²) in [7, 11) is 0. The fourth-order valence-corrected chi connectivity index (χ4v) is 4.24. The summed E-state index contributed by atoms with van der Waals surface area (Å²) in [6, 6.07) is 9.04. The maximum atomic E-state index is 13.1. The molecule has 0 unspecified atom stereocenters. The van der Waals surface area contributed by atoms with Crippen LogP contribution in [-0.4, -0.2) is 28.0 Å². The molecule has 0 spiro atoms. The van der Waals surface area contributed by atoms with Crippen LogP contribution in [0.4, 0.5) is 4.39 Å². The highest BCUT2D eigenvalue weighted by molar-refractivity contribution is 5.94. The van der Waals surface area contributed by atoms with Gasteiger partial charge in [0.15, 0.2) is 0 Å². The van der Waals surface area contributed by atoms with Gasteiger partial charge in [-0.2, -0.15) is 0 Å². The Labute approximate surface area is 145 Å². The highest BCUT2D eigenvalue weighted by Gasteiger charge is 2.38. The molecule has 0 bridgehead atoms. The molecular weight excluding hydrogens is 319 g/mol. The van der Waals surface area contributed by atoms with Crippen LogP contribution in [0.3, 0.4) is 0 Å². The van der Waals surface area contributed by atoms with Crippen LogP contribution in [0, 0.1) is 11.7 Å². The minimum atomic E-state index is -0.357. The fourth-order valence-electron chi connectivity index (χ4n) is 4.24. The number of pyridine rings is 1. The van der Waals surface area contributed by atoms with Crippen molar-refractivity contribution in [3.05, 3.63) is 64.3 Å². The maximum Gasteiger partial charge on any atom is 0.255 e. The first-order valence-corrected chi connectivity index (χ1v) is 8.93.